The predicted molar refractivity (Wildman–Crippen MR) is 66.3 cm³/mol. The summed E-state index contributed by atoms with van der Waals surface area (Å²) in [7, 11) is 0. The van der Waals surface area contributed by atoms with Crippen LogP contribution in [0, 0.1) is 5.92 Å². The van der Waals surface area contributed by atoms with E-state index in [4.69, 9.17) is 0 Å². The van der Waals surface area contributed by atoms with E-state index in [1.807, 2.05) is 24.5 Å². The normalized spacial score (nSPS) is 12.4. The number of Topliss-reactive ketones (excluding diaryl/α,β-unsaturated/α-hetero) is 1. The molecule has 0 spiro atoms. The Kier molecular flexibility index (Phi) is 5.76. The monoisotopic (exact) mass is 219 g/mol. The van der Waals surface area contributed by atoms with E-state index in [9.17, 15) is 4.79 Å². The molecule has 0 saturated heterocycles. The van der Waals surface area contributed by atoms with Crippen molar-refractivity contribution in [3.63, 3.8) is 0 Å². The molecule has 0 aliphatic rings. The molecule has 2 nitrogen and oxygen atoms in total. The fourth-order valence-corrected chi connectivity index (χ4v) is 1.89. The van der Waals surface area contributed by atoms with E-state index in [1.165, 1.54) is 12.0 Å². The van der Waals surface area contributed by atoms with Crippen molar-refractivity contribution in [2.45, 2.75) is 46.0 Å². The molecule has 88 valence electrons. The van der Waals surface area contributed by atoms with Gasteiger partial charge >= 0.3 is 0 Å². The second kappa shape index (κ2) is 7.15. The van der Waals surface area contributed by atoms with Crippen molar-refractivity contribution in [1.29, 1.82) is 0 Å². The Balaban J connectivity index is 2.41. The highest BCUT2D eigenvalue weighted by Crippen LogP contribution is 2.16. The fraction of sp³-hybridized carbons (Fsp3) is 0.571. The highest BCUT2D eigenvalue weighted by molar-refractivity contribution is 5.78. The number of ketones is 1. The quantitative estimate of drug-likeness (QED) is 0.703. The van der Waals surface area contributed by atoms with Gasteiger partial charge in [-0.1, -0.05) is 19.8 Å². The Morgan fingerprint density at radius 1 is 1.31 bits per heavy atom. The summed E-state index contributed by atoms with van der Waals surface area (Å²) in [4.78, 5) is 15.4. The van der Waals surface area contributed by atoms with E-state index in [-0.39, 0.29) is 5.92 Å². The maximum Gasteiger partial charge on any atom is 0.132 e. The third kappa shape index (κ3) is 4.56. The lowest BCUT2D eigenvalue weighted by Crippen LogP contribution is -2.12. The summed E-state index contributed by atoms with van der Waals surface area (Å²) in [5.41, 5.74) is 1.28. The van der Waals surface area contributed by atoms with Crippen LogP contribution in [0.3, 0.4) is 0 Å². The minimum atomic E-state index is 0.244. The maximum absolute atomic E-state index is 11.5. The van der Waals surface area contributed by atoms with E-state index in [0.29, 0.717) is 5.78 Å². The number of aromatic nitrogens is 1. The molecule has 0 aliphatic carbocycles. The second-order valence-corrected chi connectivity index (χ2v) is 4.34. The molecule has 0 fully saturated rings. The Morgan fingerprint density at radius 3 is 2.56 bits per heavy atom. The number of hydrogen-bond acceptors (Lipinski definition) is 2. The van der Waals surface area contributed by atoms with E-state index in [2.05, 4.69) is 11.9 Å². The van der Waals surface area contributed by atoms with Crippen LogP contribution in [-0.2, 0) is 11.2 Å². The lowest BCUT2D eigenvalue weighted by atomic mass is 9.92. The van der Waals surface area contributed by atoms with E-state index < -0.39 is 0 Å². The number of hydrogen-bond donors (Lipinski definition) is 0. The summed E-state index contributed by atoms with van der Waals surface area (Å²) in [6.07, 6.45) is 8.93. The van der Waals surface area contributed by atoms with Gasteiger partial charge in [-0.2, -0.15) is 0 Å². The van der Waals surface area contributed by atoms with E-state index in [0.717, 1.165) is 25.7 Å². The first-order valence-electron chi connectivity index (χ1n) is 6.13. The summed E-state index contributed by atoms with van der Waals surface area (Å²) < 4.78 is 0. The van der Waals surface area contributed by atoms with Crippen molar-refractivity contribution in [3.8, 4) is 0 Å². The zero-order valence-corrected chi connectivity index (χ0v) is 10.3. The molecule has 1 heterocycles. The molecule has 16 heavy (non-hydrogen) atoms. The molecule has 0 saturated carbocycles. The number of carbonyl (C=O) groups excluding carboxylic acids is 1. The third-order valence-corrected chi connectivity index (χ3v) is 3.01. The number of carbonyl (C=O) groups is 1. The molecule has 2 heteroatoms. The zero-order chi connectivity index (χ0) is 11.8. The maximum atomic E-state index is 11.5. The molecular formula is C14H21NO. The Morgan fingerprint density at radius 2 is 2.00 bits per heavy atom. The Labute approximate surface area is 98.1 Å². The van der Waals surface area contributed by atoms with E-state index >= 15 is 0 Å². The van der Waals surface area contributed by atoms with Crippen LogP contribution in [0.1, 0.15) is 45.1 Å². The molecule has 0 aliphatic heterocycles. The first-order chi connectivity index (χ1) is 7.74. The number of unbranched alkanes of at least 4 members (excludes halogenated alkanes) is 1. The molecule has 0 bridgehead atoms. The van der Waals surface area contributed by atoms with E-state index in [1.54, 1.807) is 6.92 Å². The summed E-state index contributed by atoms with van der Waals surface area (Å²) in [6, 6.07) is 4.05. The van der Waals surface area contributed by atoms with Crippen molar-refractivity contribution in [3.05, 3.63) is 30.1 Å². The van der Waals surface area contributed by atoms with Crippen molar-refractivity contribution < 1.29 is 4.79 Å². The molecule has 1 aromatic rings. The molecular weight excluding hydrogens is 198 g/mol. The van der Waals surface area contributed by atoms with Gasteiger partial charge in [-0.25, -0.2) is 0 Å². The van der Waals surface area contributed by atoms with Crippen molar-refractivity contribution >= 4 is 5.78 Å². The van der Waals surface area contributed by atoms with Crippen LogP contribution < -0.4 is 0 Å². The average molecular weight is 219 g/mol. The smallest absolute Gasteiger partial charge is 0.132 e. The molecule has 0 aromatic carbocycles. The van der Waals surface area contributed by atoms with Crippen LogP contribution in [0.5, 0.6) is 0 Å². The van der Waals surface area contributed by atoms with Crippen molar-refractivity contribution in [2.75, 3.05) is 0 Å². The predicted octanol–water partition coefficient (Wildman–Crippen LogP) is 3.41. The van der Waals surface area contributed by atoms with Crippen molar-refractivity contribution in [1.82, 2.24) is 4.98 Å². The largest absolute Gasteiger partial charge is 0.300 e. The van der Waals surface area contributed by atoms with Gasteiger partial charge < -0.3 is 0 Å². The van der Waals surface area contributed by atoms with Crippen LogP contribution in [0.2, 0.25) is 0 Å². The second-order valence-electron chi connectivity index (χ2n) is 4.34. The minimum Gasteiger partial charge on any atom is -0.300 e. The van der Waals surface area contributed by atoms with Gasteiger partial charge in [0.15, 0.2) is 0 Å². The lowest BCUT2D eigenvalue weighted by molar-refractivity contribution is -0.121. The number of aryl methyl sites for hydroxylation is 1. The van der Waals surface area contributed by atoms with Gasteiger partial charge in [-0.15, -0.1) is 0 Å². The molecule has 0 radical (unpaired) electrons. The first-order valence-corrected chi connectivity index (χ1v) is 6.13. The Bertz CT molecular complexity index is 308. The average Bonchev–Trinajstić information content (AvgIpc) is 2.30. The van der Waals surface area contributed by atoms with Gasteiger partial charge in [0.2, 0.25) is 0 Å². The van der Waals surface area contributed by atoms with Gasteiger partial charge in [-0.05, 0) is 43.9 Å². The summed E-state index contributed by atoms with van der Waals surface area (Å²) in [5, 5.41) is 0. The molecule has 0 unspecified atom stereocenters. The zero-order valence-electron chi connectivity index (χ0n) is 10.3. The van der Waals surface area contributed by atoms with Gasteiger partial charge in [0.05, 0.1) is 0 Å². The lowest BCUT2D eigenvalue weighted by Gasteiger charge is -2.12. The van der Waals surface area contributed by atoms with Crippen LogP contribution in [0.25, 0.3) is 0 Å². The summed E-state index contributed by atoms with van der Waals surface area (Å²) in [6.45, 7) is 3.88. The molecule has 1 atom stereocenters. The van der Waals surface area contributed by atoms with Crippen molar-refractivity contribution in [2.24, 2.45) is 5.92 Å². The van der Waals surface area contributed by atoms with Crippen LogP contribution in [0.4, 0.5) is 0 Å². The van der Waals surface area contributed by atoms with Gasteiger partial charge in [-0.3, -0.25) is 9.78 Å². The number of pyridine rings is 1. The molecule has 1 rings (SSSR count). The standard InChI is InChI=1S/C14H21NO/c1-3-4-5-14(12(2)16)7-6-13-8-10-15-11-9-13/h8-11,14H,3-7H2,1-2H3/t14-/m0/s1. The first kappa shape index (κ1) is 12.9. The van der Waals surface area contributed by atoms with Gasteiger partial charge in [0.25, 0.3) is 0 Å². The number of rotatable bonds is 7. The minimum absolute atomic E-state index is 0.244. The third-order valence-electron chi connectivity index (χ3n) is 3.01. The van der Waals surface area contributed by atoms with Crippen LogP contribution >= 0.6 is 0 Å². The Hall–Kier alpha value is -1.18. The fourth-order valence-electron chi connectivity index (χ4n) is 1.89. The van der Waals surface area contributed by atoms with Gasteiger partial charge in [0.1, 0.15) is 5.78 Å². The highest BCUT2D eigenvalue weighted by atomic mass is 16.1. The molecule has 0 N–H and O–H groups in total. The summed E-state index contributed by atoms with van der Waals surface area (Å²) >= 11 is 0. The van der Waals surface area contributed by atoms with Gasteiger partial charge in [0, 0.05) is 18.3 Å². The van der Waals surface area contributed by atoms with Crippen LogP contribution in [0.15, 0.2) is 24.5 Å². The molecule has 1 aromatic heterocycles. The topological polar surface area (TPSA) is 30.0 Å². The summed E-state index contributed by atoms with van der Waals surface area (Å²) in [5.74, 6) is 0.579. The van der Waals surface area contributed by atoms with Crippen LogP contribution in [-0.4, -0.2) is 10.8 Å². The molecule has 0 amide bonds. The SMILES string of the molecule is CCCC[C@@H](CCc1ccncc1)C(C)=O. The number of nitrogens with zero attached hydrogens (tertiary/aromatic N) is 1. The highest BCUT2D eigenvalue weighted by Gasteiger charge is 2.13.